The lowest BCUT2D eigenvalue weighted by atomic mass is 9.87. The lowest BCUT2D eigenvalue weighted by Crippen LogP contribution is -2.33. The van der Waals surface area contributed by atoms with Gasteiger partial charge in [0.25, 0.3) is 0 Å². The second kappa shape index (κ2) is 4.91. The maximum absolute atomic E-state index is 6.04. The first kappa shape index (κ1) is 11.4. The van der Waals surface area contributed by atoms with E-state index in [9.17, 15) is 0 Å². The largest absolute Gasteiger partial charge is 0.484 e. The van der Waals surface area contributed by atoms with Gasteiger partial charge in [-0.15, -0.1) is 11.8 Å². The molecule has 0 N–H and O–H groups in total. The van der Waals surface area contributed by atoms with Crippen LogP contribution in [0.15, 0.2) is 72.3 Å². The molecule has 0 radical (unpaired) electrons. The van der Waals surface area contributed by atoms with Gasteiger partial charge in [0.2, 0.25) is 0 Å². The van der Waals surface area contributed by atoms with E-state index >= 15 is 0 Å². The Labute approximate surface area is 111 Å². The summed E-state index contributed by atoms with van der Waals surface area (Å²) in [6, 6.07) is 20.8. The molecule has 0 bridgehead atoms. The fraction of sp³-hybridized carbons (Fsp3) is 0.125. The number of hydrogen-bond donors (Lipinski definition) is 0. The maximum Gasteiger partial charge on any atom is 0.167 e. The molecule has 0 fully saturated rings. The number of thioether (sulfide) groups is 1. The van der Waals surface area contributed by atoms with Crippen molar-refractivity contribution in [3.63, 3.8) is 0 Å². The van der Waals surface area contributed by atoms with Gasteiger partial charge in [0.1, 0.15) is 0 Å². The Morgan fingerprint density at radius 3 is 1.83 bits per heavy atom. The Morgan fingerprint density at radius 1 is 0.833 bits per heavy atom. The number of hydrogen-bond acceptors (Lipinski definition) is 2. The smallest absolute Gasteiger partial charge is 0.167 e. The van der Waals surface area contributed by atoms with E-state index in [2.05, 4.69) is 48.5 Å². The molecular weight excluding hydrogens is 240 g/mol. The quantitative estimate of drug-likeness (QED) is 0.795. The Balaban J connectivity index is 2.13. The van der Waals surface area contributed by atoms with Crippen LogP contribution in [0, 0.1) is 0 Å². The van der Waals surface area contributed by atoms with Gasteiger partial charge in [-0.1, -0.05) is 60.7 Å². The monoisotopic (exact) mass is 254 g/mol. The van der Waals surface area contributed by atoms with Gasteiger partial charge in [0.15, 0.2) is 5.60 Å². The zero-order valence-electron chi connectivity index (χ0n) is 9.95. The standard InChI is InChI=1S/C16H14OS/c1-3-7-14(8-4-1)16(13-18-12-11-17-16)15-9-5-2-6-10-15/h1-12H,13H2. The van der Waals surface area contributed by atoms with E-state index < -0.39 is 0 Å². The lowest BCUT2D eigenvalue weighted by Gasteiger charge is -2.35. The molecule has 0 aliphatic carbocycles. The highest BCUT2D eigenvalue weighted by molar-refractivity contribution is 8.02. The molecule has 1 nitrogen and oxygen atoms in total. The molecule has 0 spiro atoms. The zero-order valence-corrected chi connectivity index (χ0v) is 10.8. The second-order valence-corrected chi connectivity index (χ2v) is 5.15. The van der Waals surface area contributed by atoms with E-state index in [1.54, 1.807) is 18.0 Å². The van der Waals surface area contributed by atoms with E-state index in [1.807, 2.05) is 17.5 Å². The minimum absolute atomic E-state index is 0.359. The Bertz CT molecular complexity index is 494. The van der Waals surface area contributed by atoms with Crippen molar-refractivity contribution in [3.05, 3.63) is 83.5 Å². The summed E-state index contributed by atoms with van der Waals surface area (Å²) in [6.45, 7) is 0. The highest BCUT2D eigenvalue weighted by atomic mass is 32.2. The first-order valence-electron chi connectivity index (χ1n) is 5.97. The topological polar surface area (TPSA) is 9.23 Å². The molecule has 0 saturated carbocycles. The molecule has 0 amide bonds. The van der Waals surface area contributed by atoms with Crippen molar-refractivity contribution in [2.45, 2.75) is 5.60 Å². The van der Waals surface area contributed by atoms with E-state index in [-0.39, 0.29) is 5.60 Å². The molecule has 1 aliphatic rings. The Morgan fingerprint density at radius 2 is 1.39 bits per heavy atom. The van der Waals surface area contributed by atoms with Crippen molar-refractivity contribution < 1.29 is 4.74 Å². The third-order valence-electron chi connectivity index (χ3n) is 3.19. The average Bonchev–Trinajstić information content (AvgIpc) is 2.50. The minimum Gasteiger partial charge on any atom is -0.484 e. The highest BCUT2D eigenvalue weighted by Gasteiger charge is 2.36. The van der Waals surface area contributed by atoms with Crippen LogP contribution in [0.2, 0.25) is 0 Å². The minimum atomic E-state index is -0.359. The van der Waals surface area contributed by atoms with E-state index in [0.29, 0.717) is 0 Å². The zero-order chi connectivity index (χ0) is 12.3. The average molecular weight is 254 g/mol. The summed E-state index contributed by atoms with van der Waals surface area (Å²) in [7, 11) is 0. The van der Waals surface area contributed by atoms with Crippen LogP contribution in [0.25, 0.3) is 0 Å². The fourth-order valence-electron chi connectivity index (χ4n) is 2.27. The highest BCUT2D eigenvalue weighted by Crippen LogP contribution is 2.39. The molecule has 0 atom stereocenters. The van der Waals surface area contributed by atoms with Crippen LogP contribution in [-0.4, -0.2) is 5.75 Å². The van der Waals surface area contributed by atoms with E-state index in [4.69, 9.17) is 4.74 Å². The molecule has 2 heteroatoms. The molecule has 1 heterocycles. The molecule has 90 valence electrons. The van der Waals surface area contributed by atoms with Gasteiger partial charge in [0, 0.05) is 22.3 Å². The van der Waals surface area contributed by atoms with Crippen LogP contribution in [0.1, 0.15) is 11.1 Å². The maximum atomic E-state index is 6.04. The van der Waals surface area contributed by atoms with Gasteiger partial charge in [-0.3, -0.25) is 0 Å². The normalized spacial score (nSPS) is 17.1. The first-order chi connectivity index (χ1) is 8.92. The van der Waals surface area contributed by atoms with Crippen molar-refractivity contribution >= 4 is 11.8 Å². The van der Waals surface area contributed by atoms with Gasteiger partial charge in [-0.25, -0.2) is 0 Å². The molecule has 18 heavy (non-hydrogen) atoms. The summed E-state index contributed by atoms with van der Waals surface area (Å²) in [5, 5.41) is 2.00. The van der Waals surface area contributed by atoms with Crippen molar-refractivity contribution in [3.8, 4) is 0 Å². The predicted molar refractivity (Wildman–Crippen MR) is 76.3 cm³/mol. The fourth-order valence-corrected chi connectivity index (χ4v) is 3.13. The number of ether oxygens (including phenoxy) is 1. The van der Waals surface area contributed by atoms with Crippen LogP contribution in [0.3, 0.4) is 0 Å². The predicted octanol–water partition coefficient (Wildman–Crippen LogP) is 4.16. The summed E-state index contributed by atoms with van der Waals surface area (Å²) in [6.07, 6.45) is 1.80. The summed E-state index contributed by atoms with van der Waals surface area (Å²) >= 11 is 1.79. The van der Waals surface area contributed by atoms with Crippen molar-refractivity contribution in [1.29, 1.82) is 0 Å². The SMILES string of the molecule is C1=CSCC(c2ccccc2)(c2ccccc2)O1. The van der Waals surface area contributed by atoms with Gasteiger partial charge in [-0.2, -0.15) is 0 Å². The third kappa shape index (κ3) is 1.93. The Hall–Kier alpha value is -1.67. The van der Waals surface area contributed by atoms with Crippen LogP contribution in [0.4, 0.5) is 0 Å². The number of rotatable bonds is 2. The Kier molecular flexibility index (Phi) is 3.11. The molecule has 2 aromatic carbocycles. The first-order valence-corrected chi connectivity index (χ1v) is 7.02. The summed E-state index contributed by atoms with van der Waals surface area (Å²) < 4.78 is 6.04. The molecule has 0 aromatic heterocycles. The van der Waals surface area contributed by atoms with Crippen molar-refractivity contribution in [1.82, 2.24) is 0 Å². The van der Waals surface area contributed by atoms with Gasteiger partial charge < -0.3 is 4.74 Å². The molecule has 1 aliphatic heterocycles. The lowest BCUT2D eigenvalue weighted by molar-refractivity contribution is 0.0795. The summed E-state index contributed by atoms with van der Waals surface area (Å²) in [5.74, 6) is 0.900. The molecule has 0 saturated heterocycles. The second-order valence-electron chi connectivity index (χ2n) is 4.26. The van der Waals surface area contributed by atoms with Gasteiger partial charge >= 0.3 is 0 Å². The number of benzene rings is 2. The molecule has 2 aromatic rings. The van der Waals surface area contributed by atoms with Gasteiger partial charge in [0.05, 0.1) is 6.26 Å². The van der Waals surface area contributed by atoms with E-state index in [0.717, 1.165) is 5.75 Å². The van der Waals surface area contributed by atoms with Crippen LogP contribution in [0.5, 0.6) is 0 Å². The van der Waals surface area contributed by atoms with E-state index in [1.165, 1.54) is 11.1 Å². The van der Waals surface area contributed by atoms with Crippen LogP contribution in [-0.2, 0) is 10.3 Å². The third-order valence-corrected chi connectivity index (χ3v) is 4.06. The van der Waals surface area contributed by atoms with Gasteiger partial charge in [-0.05, 0) is 0 Å². The molecule has 0 unspecified atom stereocenters. The van der Waals surface area contributed by atoms with Crippen LogP contribution < -0.4 is 0 Å². The molecule has 3 rings (SSSR count). The van der Waals surface area contributed by atoms with Crippen LogP contribution >= 0.6 is 11.8 Å². The van der Waals surface area contributed by atoms with Crippen molar-refractivity contribution in [2.75, 3.05) is 5.75 Å². The summed E-state index contributed by atoms with van der Waals surface area (Å²) in [5.41, 5.74) is 2.04. The molecular formula is C16H14OS. The summed E-state index contributed by atoms with van der Waals surface area (Å²) in [4.78, 5) is 0. The van der Waals surface area contributed by atoms with Crippen molar-refractivity contribution in [2.24, 2.45) is 0 Å².